The number of carbonyl (C=O) groups excluding carboxylic acids is 2. The van der Waals surface area contributed by atoms with Gasteiger partial charge in [0, 0.05) is 6.04 Å². The molecule has 5 nitrogen and oxygen atoms in total. The van der Waals surface area contributed by atoms with Gasteiger partial charge < -0.3 is 14.4 Å². The summed E-state index contributed by atoms with van der Waals surface area (Å²) in [7, 11) is 0. The molecule has 1 amide bonds. The maximum absolute atomic E-state index is 13.1. The second-order valence-corrected chi connectivity index (χ2v) is 7.68. The normalized spacial score (nSPS) is 37.5. The molecule has 0 aromatic rings. The molecule has 4 atom stereocenters. The molecular formula is C19H27NO4. The summed E-state index contributed by atoms with van der Waals surface area (Å²) in [6.45, 7) is 3.17. The first-order valence-electron chi connectivity index (χ1n) is 9.50. The van der Waals surface area contributed by atoms with E-state index in [1.165, 1.54) is 12.8 Å². The Morgan fingerprint density at radius 3 is 2.92 bits per heavy atom. The van der Waals surface area contributed by atoms with E-state index in [0.717, 1.165) is 32.1 Å². The van der Waals surface area contributed by atoms with Crippen molar-refractivity contribution in [3.63, 3.8) is 0 Å². The van der Waals surface area contributed by atoms with E-state index in [0.29, 0.717) is 19.2 Å². The van der Waals surface area contributed by atoms with Crippen LogP contribution < -0.4 is 0 Å². The summed E-state index contributed by atoms with van der Waals surface area (Å²) in [6, 6.07) is 0.328. The van der Waals surface area contributed by atoms with Crippen molar-refractivity contribution < 1.29 is 19.1 Å². The fourth-order valence-corrected chi connectivity index (χ4v) is 4.94. The van der Waals surface area contributed by atoms with E-state index < -0.39 is 11.5 Å². The molecule has 0 aromatic heterocycles. The van der Waals surface area contributed by atoms with Crippen LogP contribution in [-0.2, 0) is 19.1 Å². The van der Waals surface area contributed by atoms with E-state index in [9.17, 15) is 9.59 Å². The van der Waals surface area contributed by atoms with Crippen LogP contribution in [0.4, 0.5) is 0 Å². The van der Waals surface area contributed by atoms with Gasteiger partial charge >= 0.3 is 5.97 Å². The van der Waals surface area contributed by atoms with Crippen molar-refractivity contribution in [3.05, 3.63) is 12.2 Å². The zero-order valence-corrected chi connectivity index (χ0v) is 14.4. The Morgan fingerprint density at radius 2 is 2.17 bits per heavy atom. The number of ether oxygens (including phenoxy) is 2. The molecule has 3 aliphatic heterocycles. The number of nitrogens with zero attached hydrogens (tertiary/aromatic N) is 1. The molecule has 3 fully saturated rings. The maximum Gasteiger partial charge on any atom is 0.312 e. The topological polar surface area (TPSA) is 55.8 Å². The number of hydrogen-bond donors (Lipinski definition) is 0. The van der Waals surface area contributed by atoms with Crippen LogP contribution in [0.5, 0.6) is 0 Å². The van der Waals surface area contributed by atoms with Crippen LogP contribution in [0.2, 0.25) is 0 Å². The van der Waals surface area contributed by atoms with Gasteiger partial charge in [0.25, 0.3) is 0 Å². The smallest absolute Gasteiger partial charge is 0.312 e. The fraction of sp³-hybridized carbons (Fsp3) is 0.789. The minimum atomic E-state index is -0.586. The van der Waals surface area contributed by atoms with E-state index in [1.807, 2.05) is 17.1 Å². The predicted molar refractivity (Wildman–Crippen MR) is 88.2 cm³/mol. The zero-order valence-electron chi connectivity index (χ0n) is 14.4. The summed E-state index contributed by atoms with van der Waals surface area (Å²) in [4.78, 5) is 27.6. The average Bonchev–Trinajstić information content (AvgIpc) is 3.32. The summed E-state index contributed by atoms with van der Waals surface area (Å²) in [6.07, 6.45) is 11.3. The third-order valence-corrected chi connectivity index (χ3v) is 6.16. The lowest BCUT2D eigenvalue weighted by Gasteiger charge is -2.26. The van der Waals surface area contributed by atoms with Crippen LogP contribution in [0, 0.1) is 11.8 Å². The Bertz CT molecular complexity index is 554. The average molecular weight is 333 g/mol. The summed E-state index contributed by atoms with van der Waals surface area (Å²) in [5, 5.41) is 0. The predicted octanol–water partition coefficient (Wildman–Crippen LogP) is 2.44. The Kier molecular flexibility index (Phi) is 4.15. The van der Waals surface area contributed by atoms with Crippen molar-refractivity contribution in [3.8, 4) is 0 Å². The molecule has 4 aliphatic rings. The molecule has 24 heavy (non-hydrogen) atoms. The first-order chi connectivity index (χ1) is 11.7. The van der Waals surface area contributed by atoms with E-state index in [1.54, 1.807) is 0 Å². The number of amides is 1. The van der Waals surface area contributed by atoms with E-state index in [-0.39, 0.29) is 23.9 Å². The van der Waals surface area contributed by atoms with Gasteiger partial charge in [-0.25, -0.2) is 0 Å². The molecule has 1 saturated carbocycles. The number of likely N-dealkylation sites (tertiary alicyclic amines) is 1. The summed E-state index contributed by atoms with van der Waals surface area (Å²) in [5.41, 5.74) is -0.586. The maximum atomic E-state index is 13.1. The van der Waals surface area contributed by atoms with Crippen LogP contribution in [0.3, 0.4) is 0 Å². The molecule has 0 radical (unpaired) electrons. The molecule has 0 N–H and O–H groups in total. The van der Waals surface area contributed by atoms with E-state index in [2.05, 4.69) is 6.92 Å². The van der Waals surface area contributed by atoms with Gasteiger partial charge in [-0.2, -0.15) is 0 Å². The second kappa shape index (κ2) is 6.17. The fourth-order valence-electron chi connectivity index (χ4n) is 4.94. The van der Waals surface area contributed by atoms with E-state index in [4.69, 9.17) is 9.47 Å². The number of carbonyl (C=O) groups is 2. The van der Waals surface area contributed by atoms with Crippen LogP contribution in [0.25, 0.3) is 0 Å². The molecule has 0 aromatic carbocycles. The zero-order chi connectivity index (χ0) is 16.7. The van der Waals surface area contributed by atoms with Gasteiger partial charge in [0.2, 0.25) is 5.91 Å². The van der Waals surface area contributed by atoms with Crippen molar-refractivity contribution in [2.24, 2.45) is 11.8 Å². The lowest BCUT2D eigenvalue weighted by molar-refractivity contribution is -0.154. The molecule has 4 rings (SSSR count). The highest BCUT2D eigenvalue weighted by atomic mass is 16.6. The highest BCUT2D eigenvalue weighted by molar-refractivity contribution is 5.91. The lowest BCUT2D eigenvalue weighted by atomic mass is 9.77. The summed E-state index contributed by atoms with van der Waals surface area (Å²) >= 11 is 0. The van der Waals surface area contributed by atoms with Gasteiger partial charge in [-0.3, -0.25) is 9.59 Å². The molecule has 4 unspecified atom stereocenters. The Balaban J connectivity index is 1.48. The molecule has 5 heteroatoms. The Labute approximate surface area is 143 Å². The number of rotatable bonds is 6. The molecule has 132 valence electrons. The minimum Gasteiger partial charge on any atom is -0.465 e. The lowest BCUT2D eigenvalue weighted by Crippen LogP contribution is -2.41. The molecule has 2 bridgehead atoms. The van der Waals surface area contributed by atoms with Crippen LogP contribution >= 0.6 is 0 Å². The van der Waals surface area contributed by atoms with Crippen molar-refractivity contribution in [1.29, 1.82) is 0 Å². The van der Waals surface area contributed by atoms with Crippen LogP contribution in [0.1, 0.15) is 51.9 Å². The SMILES string of the molecule is CCCCCOC(=O)C1C2C=CC3(CN(C4CCCC4)C(=O)C13)O2. The Morgan fingerprint density at radius 1 is 1.38 bits per heavy atom. The minimum absolute atomic E-state index is 0.101. The third kappa shape index (κ3) is 2.40. The highest BCUT2D eigenvalue weighted by Gasteiger charge is 2.67. The van der Waals surface area contributed by atoms with Crippen LogP contribution in [-0.4, -0.2) is 47.7 Å². The largest absolute Gasteiger partial charge is 0.465 e. The van der Waals surface area contributed by atoms with Crippen molar-refractivity contribution in [2.45, 2.75) is 69.6 Å². The third-order valence-electron chi connectivity index (χ3n) is 6.16. The molecule has 3 heterocycles. The number of fused-ring (bicyclic) bond motifs is 1. The Hall–Kier alpha value is -1.36. The monoisotopic (exact) mass is 333 g/mol. The van der Waals surface area contributed by atoms with Crippen molar-refractivity contribution in [1.82, 2.24) is 4.90 Å². The first kappa shape index (κ1) is 16.1. The summed E-state index contributed by atoms with van der Waals surface area (Å²) < 4.78 is 11.6. The molecule has 1 aliphatic carbocycles. The summed E-state index contributed by atoms with van der Waals surface area (Å²) in [5.74, 6) is -1.000. The van der Waals surface area contributed by atoms with Gasteiger partial charge in [0.15, 0.2) is 0 Å². The standard InChI is InChI=1S/C19H27NO4/c1-2-3-6-11-23-18(22)15-14-9-10-19(24-14)12-20(17(21)16(15)19)13-7-4-5-8-13/h9-10,13-16H,2-8,11-12H2,1H3. The van der Waals surface area contributed by atoms with Crippen molar-refractivity contribution in [2.75, 3.05) is 13.2 Å². The second-order valence-electron chi connectivity index (χ2n) is 7.68. The van der Waals surface area contributed by atoms with Crippen molar-refractivity contribution >= 4 is 11.9 Å². The van der Waals surface area contributed by atoms with Gasteiger partial charge in [-0.15, -0.1) is 0 Å². The molecule has 2 saturated heterocycles. The van der Waals surface area contributed by atoms with E-state index >= 15 is 0 Å². The van der Waals surface area contributed by atoms with Gasteiger partial charge in [0.1, 0.15) is 11.5 Å². The number of hydrogen-bond acceptors (Lipinski definition) is 4. The highest BCUT2D eigenvalue weighted by Crippen LogP contribution is 2.53. The molecule has 1 spiro atoms. The molecular weight excluding hydrogens is 306 g/mol. The first-order valence-corrected chi connectivity index (χ1v) is 9.50. The van der Waals surface area contributed by atoms with Gasteiger partial charge in [-0.05, 0) is 19.3 Å². The van der Waals surface area contributed by atoms with Crippen LogP contribution in [0.15, 0.2) is 12.2 Å². The number of esters is 1. The van der Waals surface area contributed by atoms with Gasteiger partial charge in [0.05, 0.1) is 25.2 Å². The quantitative estimate of drug-likeness (QED) is 0.426. The van der Waals surface area contributed by atoms with Gasteiger partial charge in [-0.1, -0.05) is 44.8 Å². The number of unbranched alkanes of at least 4 members (excludes halogenated alkanes) is 2.